The normalized spacial score (nSPS) is 23.3. The average Bonchev–Trinajstić information content (AvgIpc) is 2.80. The largest absolute Gasteiger partial charge is 0.486 e. The molecule has 0 bridgehead atoms. The number of amides is 1. The number of hydrogen-bond donors (Lipinski definition) is 1. The molecular weight excluding hydrogens is 282 g/mol. The van der Waals surface area contributed by atoms with E-state index >= 15 is 0 Å². The number of nitrogens with one attached hydrogen (secondary N) is 1. The van der Waals surface area contributed by atoms with Crippen LogP contribution in [0.2, 0.25) is 0 Å². The van der Waals surface area contributed by atoms with Crippen LogP contribution in [0.4, 0.5) is 5.69 Å². The maximum absolute atomic E-state index is 12.1. The van der Waals surface area contributed by atoms with Gasteiger partial charge in [0.2, 0.25) is 5.91 Å². The van der Waals surface area contributed by atoms with Crippen molar-refractivity contribution in [1.29, 1.82) is 0 Å². The van der Waals surface area contributed by atoms with E-state index in [1.807, 2.05) is 0 Å². The zero-order valence-corrected chi connectivity index (χ0v) is 11.6. The molecule has 0 aromatic heterocycles. The number of anilines is 1. The molecule has 0 aliphatic carbocycles. The number of rotatable bonds is 2. The minimum atomic E-state index is -3.07. The molecule has 6 nitrogen and oxygen atoms in total. The second kappa shape index (κ2) is 4.97. The third kappa shape index (κ3) is 2.58. The van der Waals surface area contributed by atoms with Crippen LogP contribution in [-0.4, -0.2) is 39.0 Å². The van der Waals surface area contributed by atoms with Crippen molar-refractivity contribution >= 4 is 21.4 Å². The van der Waals surface area contributed by atoms with Crippen molar-refractivity contribution in [3.8, 4) is 11.5 Å². The topological polar surface area (TPSA) is 81.7 Å². The molecule has 108 valence electrons. The Morgan fingerprint density at radius 2 is 2.05 bits per heavy atom. The van der Waals surface area contributed by atoms with Crippen molar-refractivity contribution in [2.24, 2.45) is 5.92 Å². The first kappa shape index (κ1) is 13.2. The summed E-state index contributed by atoms with van der Waals surface area (Å²) in [6.45, 7) is 0.906. The Balaban J connectivity index is 1.77. The number of sulfone groups is 1. The summed E-state index contributed by atoms with van der Waals surface area (Å²) in [7, 11) is -3.07. The van der Waals surface area contributed by atoms with Crippen LogP contribution in [0.3, 0.4) is 0 Å². The lowest BCUT2D eigenvalue weighted by molar-refractivity contribution is -0.119. The number of fused-ring (bicyclic) bond motifs is 1. The molecule has 1 amide bonds. The maximum Gasteiger partial charge on any atom is 0.228 e. The summed E-state index contributed by atoms with van der Waals surface area (Å²) in [6, 6.07) is 5.24. The Hall–Kier alpha value is -1.76. The molecule has 0 saturated carbocycles. The van der Waals surface area contributed by atoms with Gasteiger partial charge in [0.1, 0.15) is 13.2 Å². The Kier molecular flexibility index (Phi) is 3.29. The van der Waals surface area contributed by atoms with Gasteiger partial charge in [0.05, 0.1) is 23.1 Å². The second-order valence-electron chi connectivity index (χ2n) is 4.92. The summed E-state index contributed by atoms with van der Waals surface area (Å²) in [4.78, 5) is 12.1. The zero-order valence-electron chi connectivity index (χ0n) is 10.8. The SMILES string of the molecule is O=C(Nc1cccc2c1OCCO2)C1CCS(=O)(=O)C1. The number of carbonyl (C=O) groups is 1. The molecule has 1 fully saturated rings. The molecule has 2 aliphatic rings. The van der Waals surface area contributed by atoms with E-state index in [2.05, 4.69) is 5.32 Å². The van der Waals surface area contributed by atoms with E-state index < -0.39 is 15.8 Å². The minimum absolute atomic E-state index is 0.0782. The van der Waals surface area contributed by atoms with Gasteiger partial charge in [0, 0.05) is 0 Å². The van der Waals surface area contributed by atoms with Crippen molar-refractivity contribution in [3.05, 3.63) is 18.2 Å². The molecule has 1 N–H and O–H groups in total. The van der Waals surface area contributed by atoms with Crippen LogP contribution < -0.4 is 14.8 Å². The lowest BCUT2D eigenvalue weighted by Gasteiger charge is -2.21. The standard InChI is InChI=1S/C13H15NO5S/c15-13(9-4-7-20(16,17)8-9)14-10-2-1-3-11-12(10)19-6-5-18-11/h1-3,9H,4-8H2,(H,14,15). The highest BCUT2D eigenvalue weighted by atomic mass is 32.2. The summed E-state index contributed by atoms with van der Waals surface area (Å²) < 4.78 is 33.7. The first-order chi connectivity index (χ1) is 9.55. The van der Waals surface area contributed by atoms with Crippen molar-refractivity contribution in [2.75, 3.05) is 30.0 Å². The molecule has 2 heterocycles. The number of ether oxygens (including phenoxy) is 2. The Labute approximate surface area is 117 Å². The monoisotopic (exact) mass is 297 g/mol. The Morgan fingerprint density at radius 1 is 1.25 bits per heavy atom. The van der Waals surface area contributed by atoms with Gasteiger partial charge in [0.15, 0.2) is 21.3 Å². The van der Waals surface area contributed by atoms with Crippen LogP contribution in [0, 0.1) is 5.92 Å². The highest BCUT2D eigenvalue weighted by Gasteiger charge is 2.33. The van der Waals surface area contributed by atoms with Gasteiger partial charge in [-0.25, -0.2) is 8.42 Å². The third-order valence-electron chi connectivity index (χ3n) is 3.43. The van der Waals surface area contributed by atoms with Crippen molar-refractivity contribution in [3.63, 3.8) is 0 Å². The fraction of sp³-hybridized carbons (Fsp3) is 0.462. The average molecular weight is 297 g/mol. The zero-order chi connectivity index (χ0) is 14.2. The van der Waals surface area contributed by atoms with Crippen LogP contribution in [-0.2, 0) is 14.6 Å². The van der Waals surface area contributed by atoms with E-state index in [9.17, 15) is 13.2 Å². The van der Waals surface area contributed by atoms with Crippen molar-refractivity contribution in [1.82, 2.24) is 0 Å². The predicted molar refractivity (Wildman–Crippen MR) is 72.8 cm³/mol. The van der Waals surface area contributed by atoms with Gasteiger partial charge in [-0.2, -0.15) is 0 Å². The van der Waals surface area contributed by atoms with Crippen LogP contribution in [0.15, 0.2) is 18.2 Å². The molecule has 1 aromatic carbocycles. The fourth-order valence-electron chi connectivity index (χ4n) is 2.41. The number of carbonyl (C=O) groups excluding carboxylic acids is 1. The number of para-hydroxylation sites is 1. The first-order valence-corrected chi connectivity index (χ1v) is 8.27. The van der Waals surface area contributed by atoms with E-state index in [4.69, 9.17) is 9.47 Å². The summed E-state index contributed by atoms with van der Waals surface area (Å²) in [5, 5.41) is 2.74. The van der Waals surface area contributed by atoms with Crippen LogP contribution >= 0.6 is 0 Å². The summed E-state index contributed by atoms with van der Waals surface area (Å²) >= 11 is 0. The molecular formula is C13H15NO5S. The number of benzene rings is 1. The van der Waals surface area contributed by atoms with Gasteiger partial charge in [-0.15, -0.1) is 0 Å². The van der Waals surface area contributed by atoms with Crippen LogP contribution in [0.25, 0.3) is 0 Å². The molecule has 1 aromatic rings. The fourth-order valence-corrected chi connectivity index (χ4v) is 4.15. The highest BCUT2D eigenvalue weighted by molar-refractivity contribution is 7.91. The molecule has 2 aliphatic heterocycles. The van der Waals surface area contributed by atoms with E-state index in [-0.39, 0.29) is 17.4 Å². The summed E-state index contributed by atoms with van der Waals surface area (Å²) in [5.74, 6) is 0.332. The van der Waals surface area contributed by atoms with E-state index in [0.29, 0.717) is 36.8 Å². The van der Waals surface area contributed by atoms with E-state index in [0.717, 1.165) is 0 Å². The Bertz CT molecular complexity index is 640. The van der Waals surface area contributed by atoms with E-state index in [1.165, 1.54) is 0 Å². The van der Waals surface area contributed by atoms with Crippen LogP contribution in [0.1, 0.15) is 6.42 Å². The lowest BCUT2D eigenvalue weighted by Crippen LogP contribution is -2.25. The van der Waals surface area contributed by atoms with Crippen molar-refractivity contribution in [2.45, 2.75) is 6.42 Å². The first-order valence-electron chi connectivity index (χ1n) is 6.45. The lowest BCUT2D eigenvalue weighted by atomic mass is 10.1. The van der Waals surface area contributed by atoms with Gasteiger partial charge in [-0.05, 0) is 18.6 Å². The summed E-state index contributed by atoms with van der Waals surface area (Å²) in [5.41, 5.74) is 0.525. The molecule has 0 radical (unpaired) electrons. The van der Waals surface area contributed by atoms with Gasteiger partial charge in [-0.1, -0.05) is 6.07 Å². The molecule has 1 atom stereocenters. The van der Waals surface area contributed by atoms with Crippen LogP contribution in [0.5, 0.6) is 11.5 Å². The van der Waals surface area contributed by atoms with Gasteiger partial charge in [-0.3, -0.25) is 4.79 Å². The van der Waals surface area contributed by atoms with Gasteiger partial charge in [0.25, 0.3) is 0 Å². The molecule has 0 spiro atoms. The molecule has 20 heavy (non-hydrogen) atoms. The number of hydrogen-bond acceptors (Lipinski definition) is 5. The smallest absolute Gasteiger partial charge is 0.228 e. The highest BCUT2D eigenvalue weighted by Crippen LogP contribution is 2.37. The molecule has 7 heteroatoms. The Morgan fingerprint density at radius 3 is 2.80 bits per heavy atom. The molecule has 1 saturated heterocycles. The summed E-state index contributed by atoms with van der Waals surface area (Å²) in [6.07, 6.45) is 0.376. The second-order valence-corrected chi connectivity index (χ2v) is 7.15. The quantitative estimate of drug-likeness (QED) is 0.874. The van der Waals surface area contributed by atoms with Gasteiger partial charge < -0.3 is 14.8 Å². The van der Waals surface area contributed by atoms with E-state index in [1.54, 1.807) is 18.2 Å². The maximum atomic E-state index is 12.1. The molecule has 3 rings (SSSR count). The molecule has 1 unspecified atom stereocenters. The minimum Gasteiger partial charge on any atom is -0.486 e. The third-order valence-corrected chi connectivity index (χ3v) is 5.20. The van der Waals surface area contributed by atoms with Gasteiger partial charge >= 0.3 is 0 Å². The van der Waals surface area contributed by atoms with Crippen molar-refractivity contribution < 1.29 is 22.7 Å². The predicted octanol–water partition coefficient (Wildman–Crippen LogP) is 0.831.